The van der Waals surface area contributed by atoms with E-state index in [1.165, 1.54) is 0 Å². The molecule has 4 rings (SSSR count). The summed E-state index contributed by atoms with van der Waals surface area (Å²) in [5.74, 6) is 0.767. The summed E-state index contributed by atoms with van der Waals surface area (Å²) in [5, 5.41) is 0.629. The van der Waals surface area contributed by atoms with Crippen LogP contribution >= 0.6 is 0 Å². The van der Waals surface area contributed by atoms with Crippen LogP contribution in [-0.4, -0.2) is 9.55 Å². The fourth-order valence-corrected chi connectivity index (χ4v) is 3.12. The summed E-state index contributed by atoms with van der Waals surface area (Å²) < 4.78 is 1.79. The molecule has 2 heterocycles. The van der Waals surface area contributed by atoms with E-state index in [-0.39, 0.29) is 5.56 Å². The van der Waals surface area contributed by atoms with Gasteiger partial charge in [-0.25, -0.2) is 4.98 Å². The van der Waals surface area contributed by atoms with Gasteiger partial charge < -0.3 is 5.73 Å². The van der Waals surface area contributed by atoms with Crippen LogP contribution in [0, 0.1) is 0 Å². The molecule has 0 radical (unpaired) electrons. The smallest absolute Gasteiger partial charge is 0.261 e. The number of nitrogens with zero attached hydrogens (tertiary/aromatic N) is 2. The Bertz CT molecular complexity index is 971. The minimum absolute atomic E-state index is 0.0173. The zero-order chi connectivity index (χ0) is 15.8. The van der Waals surface area contributed by atoms with E-state index < -0.39 is 0 Å². The molecule has 4 nitrogen and oxygen atoms in total. The molecular formula is C19H17N3O. The van der Waals surface area contributed by atoms with E-state index in [9.17, 15) is 4.79 Å². The lowest BCUT2D eigenvalue weighted by atomic mass is 10.0. The van der Waals surface area contributed by atoms with Crippen molar-refractivity contribution in [2.24, 2.45) is 0 Å². The van der Waals surface area contributed by atoms with E-state index >= 15 is 0 Å². The van der Waals surface area contributed by atoms with Crippen LogP contribution in [0.5, 0.6) is 0 Å². The molecule has 0 unspecified atom stereocenters. The van der Waals surface area contributed by atoms with Gasteiger partial charge in [-0.3, -0.25) is 9.36 Å². The van der Waals surface area contributed by atoms with Gasteiger partial charge in [0.05, 0.1) is 10.9 Å². The van der Waals surface area contributed by atoms with Crippen molar-refractivity contribution < 1.29 is 0 Å². The predicted octanol–water partition coefficient (Wildman–Crippen LogP) is 3.31. The second-order valence-electron chi connectivity index (χ2n) is 5.85. The molecule has 0 fully saturated rings. The number of allylic oxidation sites excluding steroid dienone is 1. The lowest BCUT2D eigenvalue weighted by Crippen LogP contribution is -2.27. The lowest BCUT2D eigenvalue weighted by Gasteiger charge is -2.21. The third kappa shape index (κ3) is 2.42. The molecule has 0 saturated carbocycles. The van der Waals surface area contributed by atoms with Gasteiger partial charge in [0.25, 0.3) is 5.56 Å². The van der Waals surface area contributed by atoms with E-state index in [1.807, 2.05) is 18.2 Å². The zero-order valence-corrected chi connectivity index (χ0v) is 12.7. The van der Waals surface area contributed by atoms with Gasteiger partial charge in [0.2, 0.25) is 0 Å². The predicted molar refractivity (Wildman–Crippen MR) is 94.0 cm³/mol. The Morgan fingerprint density at radius 3 is 2.78 bits per heavy atom. The van der Waals surface area contributed by atoms with Crippen LogP contribution in [-0.2, 0) is 6.54 Å². The molecule has 0 aliphatic carbocycles. The van der Waals surface area contributed by atoms with Crippen LogP contribution in [0.3, 0.4) is 0 Å². The van der Waals surface area contributed by atoms with Crippen molar-refractivity contribution in [1.82, 2.24) is 9.55 Å². The average molecular weight is 303 g/mol. The van der Waals surface area contributed by atoms with Gasteiger partial charge in [0.1, 0.15) is 5.82 Å². The topological polar surface area (TPSA) is 60.9 Å². The van der Waals surface area contributed by atoms with E-state index in [4.69, 9.17) is 10.7 Å². The van der Waals surface area contributed by atoms with Crippen LogP contribution < -0.4 is 11.3 Å². The van der Waals surface area contributed by atoms with Crippen LogP contribution in [0.2, 0.25) is 0 Å². The minimum atomic E-state index is 0.0173. The maximum atomic E-state index is 12.7. The van der Waals surface area contributed by atoms with Crippen molar-refractivity contribution in [2.75, 3.05) is 5.73 Å². The largest absolute Gasteiger partial charge is 0.399 e. The number of nitrogen functional groups attached to an aromatic ring is 1. The molecule has 0 spiro atoms. The number of benzene rings is 2. The first-order valence-electron chi connectivity index (χ1n) is 7.78. The van der Waals surface area contributed by atoms with Crippen molar-refractivity contribution >= 4 is 28.2 Å². The number of nitrogens with two attached hydrogens (primary N) is 1. The average Bonchev–Trinajstić information content (AvgIpc) is 2.56. The first-order valence-corrected chi connectivity index (χ1v) is 7.78. The van der Waals surface area contributed by atoms with Crippen molar-refractivity contribution in [3.8, 4) is 0 Å². The molecule has 0 amide bonds. The second kappa shape index (κ2) is 5.39. The summed E-state index contributed by atoms with van der Waals surface area (Å²) in [4.78, 5) is 17.5. The third-order valence-corrected chi connectivity index (χ3v) is 4.23. The number of hydrogen-bond donors (Lipinski definition) is 1. The van der Waals surface area contributed by atoms with Crippen molar-refractivity contribution in [3.63, 3.8) is 0 Å². The Kier molecular flexibility index (Phi) is 3.23. The Hall–Kier alpha value is -2.88. The molecule has 114 valence electrons. The molecule has 0 atom stereocenters. The number of hydrogen-bond acceptors (Lipinski definition) is 3. The fraction of sp³-hybridized carbons (Fsp3) is 0.158. The Balaban J connectivity index is 1.95. The van der Waals surface area contributed by atoms with E-state index in [0.29, 0.717) is 23.1 Å². The maximum Gasteiger partial charge on any atom is 0.261 e. The van der Waals surface area contributed by atoms with Crippen LogP contribution in [0.25, 0.3) is 22.6 Å². The number of fused-ring (bicyclic) bond motifs is 2. The van der Waals surface area contributed by atoms with Crippen LogP contribution in [0.15, 0.2) is 53.3 Å². The summed E-state index contributed by atoms with van der Waals surface area (Å²) in [6, 6.07) is 15.4. The molecule has 1 aromatic heterocycles. The normalized spacial score (nSPS) is 15.7. The van der Waals surface area contributed by atoms with Gasteiger partial charge in [-0.15, -0.1) is 0 Å². The maximum absolute atomic E-state index is 12.7. The van der Waals surface area contributed by atoms with Gasteiger partial charge in [-0.05, 0) is 48.3 Å². The summed E-state index contributed by atoms with van der Waals surface area (Å²) in [6.45, 7) is 0.716. The molecule has 1 aliphatic heterocycles. The van der Waals surface area contributed by atoms with E-state index in [1.54, 1.807) is 22.8 Å². The Labute approximate surface area is 133 Å². The molecule has 4 heteroatoms. The van der Waals surface area contributed by atoms with Gasteiger partial charge >= 0.3 is 0 Å². The standard InChI is InChI=1S/C19H17N3O/c20-15-8-9-16-17(12-15)21-18-14(7-4-10-22(18)19(16)23)11-13-5-2-1-3-6-13/h1-3,5-6,8-9,11-12H,4,7,10,20H2/b14-11+. The Morgan fingerprint density at radius 1 is 1.13 bits per heavy atom. The van der Waals surface area contributed by atoms with Gasteiger partial charge in [0.15, 0.2) is 0 Å². The van der Waals surface area contributed by atoms with E-state index in [2.05, 4.69) is 18.2 Å². The number of anilines is 1. The molecular weight excluding hydrogens is 286 g/mol. The molecule has 0 bridgehead atoms. The van der Waals surface area contributed by atoms with Crippen molar-refractivity contribution in [1.29, 1.82) is 0 Å². The molecule has 2 N–H and O–H groups in total. The van der Waals surface area contributed by atoms with Gasteiger partial charge in [-0.2, -0.15) is 0 Å². The SMILES string of the molecule is Nc1ccc2c(=O)n3c(nc2c1)/C(=C/c1ccccc1)CCC3. The van der Waals surface area contributed by atoms with Gasteiger partial charge in [0, 0.05) is 12.2 Å². The van der Waals surface area contributed by atoms with Crippen LogP contribution in [0.1, 0.15) is 24.2 Å². The zero-order valence-electron chi connectivity index (χ0n) is 12.7. The molecule has 1 aliphatic rings. The fourth-order valence-electron chi connectivity index (χ4n) is 3.12. The van der Waals surface area contributed by atoms with Crippen LogP contribution in [0.4, 0.5) is 5.69 Å². The highest BCUT2D eigenvalue weighted by Crippen LogP contribution is 2.27. The first-order chi connectivity index (χ1) is 11.2. The summed E-state index contributed by atoms with van der Waals surface area (Å²) in [7, 11) is 0. The molecule has 3 aromatic rings. The highest BCUT2D eigenvalue weighted by atomic mass is 16.1. The summed E-state index contributed by atoms with van der Waals surface area (Å²) in [5.41, 5.74) is 9.38. The molecule has 2 aromatic carbocycles. The highest BCUT2D eigenvalue weighted by Gasteiger charge is 2.18. The lowest BCUT2D eigenvalue weighted by molar-refractivity contribution is 0.587. The van der Waals surface area contributed by atoms with Gasteiger partial charge in [-0.1, -0.05) is 30.3 Å². The molecule has 0 saturated heterocycles. The highest BCUT2D eigenvalue weighted by molar-refractivity contribution is 5.85. The number of rotatable bonds is 1. The Morgan fingerprint density at radius 2 is 1.96 bits per heavy atom. The van der Waals surface area contributed by atoms with E-state index in [0.717, 1.165) is 29.8 Å². The summed E-state index contributed by atoms with van der Waals surface area (Å²) >= 11 is 0. The first kappa shape index (κ1) is 13.8. The minimum Gasteiger partial charge on any atom is -0.399 e. The van der Waals surface area contributed by atoms with Crippen molar-refractivity contribution in [2.45, 2.75) is 19.4 Å². The van der Waals surface area contributed by atoms with Crippen molar-refractivity contribution in [3.05, 3.63) is 70.3 Å². The monoisotopic (exact) mass is 303 g/mol. The number of aromatic nitrogens is 2. The third-order valence-electron chi connectivity index (χ3n) is 4.23. The summed E-state index contributed by atoms with van der Waals surface area (Å²) in [6.07, 6.45) is 4.00. The quantitative estimate of drug-likeness (QED) is 0.702. The second-order valence-corrected chi connectivity index (χ2v) is 5.85. The molecule has 23 heavy (non-hydrogen) atoms.